The predicted molar refractivity (Wildman–Crippen MR) is 125 cm³/mol. The van der Waals surface area contributed by atoms with Crippen molar-refractivity contribution in [2.24, 2.45) is 10.8 Å². The lowest BCUT2D eigenvalue weighted by Crippen LogP contribution is -2.74. The summed E-state index contributed by atoms with van der Waals surface area (Å²) in [6.07, 6.45) is -0.132. The molecule has 0 atom stereocenters. The van der Waals surface area contributed by atoms with Crippen molar-refractivity contribution in [2.45, 2.75) is 59.7 Å². The molecule has 1 amide bonds. The number of anilines is 1. The third-order valence-corrected chi connectivity index (χ3v) is 6.35. The molecule has 2 N–H and O–H groups in total. The van der Waals surface area contributed by atoms with Gasteiger partial charge in [0.25, 0.3) is 5.91 Å². The maximum Gasteiger partial charge on any atom is 0.251 e. The van der Waals surface area contributed by atoms with Gasteiger partial charge in [-0.15, -0.1) is 0 Å². The van der Waals surface area contributed by atoms with Crippen LogP contribution < -0.4 is 15.4 Å². The Balaban J connectivity index is 1.71. The van der Waals surface area contributed by atoms with E-state index in [0.29, 0.717) is 27.9 Å². The smallest absolute Gasteiger partial charge is 0.251 e. The minimum absolute atomic E-state index is 0.0696. The van der Waals surface area contributed by atoms with Crippen LogP contribution in [0.5, 0.6) is 5.75 Å². The lowest BCUT2D eigenvalue weighted by atomic mass is 9.49. The summed E-state index contributed by atoms with van der Waals surface area (Å²) >= 11 is 6.16. The molecule has 1 aliphatic carbocycles. The SMILES string of the molecule is CC(C)Nc1ccc(C(=O)NC2C(C)(C)C(Oc3ccc(C#N)c(Cl)c3)C2(C)C)cc1. The molecule has 0 bridgehead atoms. The molecule has 0 radical (unpaired) electrons. The third-order valence-electron chi connectivity index (χ3n) is 6.03. The molecule has 0 heterocycles. The fourth-order valence-electron chi connectivity index (χ4n) is 4.86. The first-order chi connectivity index (χ1) is 14.5. The van der Waals surface area contributed by atoms with E-state index in [-0.39, 0.29) is 28.9 Å². The molecule has 0 aromatic heterocycles. The number of nitriles is 1. The van der Waals surface area contributed by atoms with Crippen LogP contribution in [0.1, 0.15) is 57.5 Å². The van der Waals surface area contributed by atoms with Crippen molar-refractivity contribution in [1.29, 1.82) is 5.26 Å². The van der Waals surface area contributed by atoms with Gasteiger partial charge in [-0.25, -0.2) is 0 Å². The Labute approximate surface area is 189 Å². The van der Waals surface area contributed by atoms with Crippen molar-refractivity contribution in [2.75, 3.05) is 5.32 Å². The second-order valence-electron chi connectivity index (χ2n) is 9.68. The fraction of sp³-hybridized carbons (Fsp3) is 0.440. The first-order valence-corrected chi connectivity index (χ1v) is 10.9. The first kappa shape index (κ1) is 23.0. The molecule has 0 aliphatic heterocycles. The molecule has 164 valence electrons. The second-order valence-corrected chi connectivity index (χ2v) is 10.1. The molecule has 3 rings (SSSR count). The normalized spacial score (nSPS) is 21.0. The molecule has 1 aliphatic rings. The number of carbonyl (C=O) groups is 1. The number of hydrogen-bond acceptors (Lipinski definition) is 4. The van der Waals surface area contributed by atoms with Crippen LogP contribution in [0.25, 0.3) is 0 Å². The lowest BCUT2D eigenvalue weighted by molar-refractivity contribution is -0.164. The van der Waals surface area contributed by atoms with E-state index in [2.05, 4.69) is 58.2 Å². The molecule has 0 spiro atoms. The number of carbonyl (C=O) groups excluding carboxylic acids is 1. The van der Waals surface area contributed by atoms with Crippen LogP contribution in [-0.4, -0.2) is 24.1 Å². The largest absolute Gasteiger partial charge is 0.489 e. The van der Waals surface area contributed by atoms with Gasteiger partial charge in [-0.3, -0.25) is 4.79 Å². The number of halogens is 1. The maximum atomic E-state index is 12.9. The molecule has 2 aromatic rings. The van der Waals surface area contributed by atoms with Gasteiger partial charge in [0.05, 0.1) is 10.6 Å². The fourth-order valence-corrected chi connectivity index (χ4v) is 5.07. The van der Waals surface area contributed by atoms with Crippen LogP contribution in [-0.2, 0) is 0 Å². The van der Waals surface area contributed by atoms with E-state index in [1.54, 1.807) is 18.2 Å². The summed E-state index contributed by atoms with van der Waals surface area (Å²) in [7, 11) is 0. The highest BCUT2D eigenvalue weighted by Crippen LogP contribution is 2.55. The predicted octanol–water partition coefficient (Wildman–Crippen LogP) is 5.64. The summed E-state index contributed by atoms with van der Waals surface area (Å²) in [6, 6.07) is 14.9. The molecule has 0 unspecified atom stereocenters. The highest BCUT2D eigenvalue weighted by Gasteiger charge is 2.64. The molecule has 2 aromatic carbocycles. The van der Waals surface area contributed by atoms with Gasteiger partial charge in [-0.1, -0.05) is 39.3 Å². The quantitative estimate of drug-likeness (QED) is 0.610. The standard InChI is InChI=1S/C25H30ClN3O2/c1-15(2)28-18-10-7-16(8-11-18)21(30)29-22-24(3,4)23(25(22,5)6)31-19-12-9-17(14-27)20(26)13-19/h7-13,15,22-23,28H,1-6H3,(H,29,30). The van der Waals surface area contributed by atoms with Crippen LogP contribution in [0.3, 0.4) is 0 Å². The number of benzene rings is 2. The Hall–Kier alpha value is -2.71. The number of nitrogens with zero attached hydrogens (tertiary/aromatic N) is 1. The number of amides is 1. The second kappa shape index (κ2) is 8.43. The van der Waals surface area contributed by atoms with Crippen molar-refractivity contribution in [3.8, 4) is 11.8 Å². The summed E-state index contributed by atoms with van der Waals surface area (Å²) in [5.41, 5.74) is 1.45. The minimum atomic E-state index is -0.293. The third kappa shape index (κ3) is 4.50. The van der Waals surface area contributed by atoms with Crippen molar-refractivity contribution in [3.05, 3.63) is 58.6 Å². The van der Waals surface area contributed by atoms with Crippen LogP contribution in [0, 0.1) is 22.2 Å². The molecular formula is C25H30ClN3O2. The topological polar surface area (TPSA) is 74.2 Å². The highest BCUT2D eigenvalue weighted by atomic mass is 35.5. The Morgan fingerprint density at radius 2 is 1.71 bits per heavy atom. The van der Waals surface area contributed by atoms with Gasteiger partial charge in [0, 0.05) is 40.2 Å². The van der Waals surface area contributed by atoms with Crippen molar-refractivity contribution in [1.82, 2.24) is 5.32 Å². The average molecular weight is 440 g/mol. The van der Waals surface area contributed by atoms with Crippen LogP contribution in [0.15, 0.2) is 42.5 Å². The van der Waals surface area contributed by atoms with Gasteiger partial charge in [-0.2, -0.15) is 5.26 Å². The van der Waals surface area contributed by atoms with Crippen molar-refractivity contribution < 1.29 is 9.53 Å². The number of nitrogens with one attached hydrogen (secondary N) is 2. The molecule has 5 nitrogen and oxygen atoms in total. The zero-order chi connectivity index (χ0) is 23.0. The molecule has 31 heavy (non-hydrogen) atoms. The Morgan fingerprint density at radius 1 is 1.10 bits per heavy atom. The lowest BCUT2D eigenvalue weighted by Gasteiger charge is -2.63. The Morgan fingerprint density at radius 3 is 2.23 bits per heavy atom. The van der Waals surface area contributed by atoms with Crippen LogP contribution >= 0.6 is 11.6 Å². The van der Waals surface area contributed by atoms with E-state index in [0.717, 1.165) is 5.69 Å². The zero-order valence-electron chi connectivity index (χ0n) is 18.9. The van der Waals surface area contributed by atoms with Gasteiger partial charge >= 0.3 is 0 Å². The van der Waals surface area contributed by atoms with E-state index in [4.69, 9.17) is 21.6 Å². The van der Waals surface area contributed by atoms with Crippen LogP contribution in [0.2, 0.25) is 5.02 Å². The first-order valence-electron chi connectivity index (χ1n) is 10.5. The molecular weight excluding hydrogens is 410 g/mol. The Kier molecular flexibility index (Phi) is 6.25. The highest BCUT2D eigenvalue weighted by molar-refractivity contribution is 6.31. The van der Waals surface area contributed by atoms with Crippen molar-refractivity contribution in [3.63, 3.8) is 0 Å². The zero-order valence-corrected chi connectivity index (χ0v) is 19.7. The van der Waals surface area contributed by atoms with Gasteiger partial charge in [0.15, 0.2) is 0 Å². The number of ether oxygens (including phenoxy) is 1. The van der Waals surface area contributed by atoms with E-state index >= 15 is 0 Å². The van der Waals surface area contributed by atoms with Crippen molar-refractivity contribution >= 4 is 23.2 Å². The monoisotopic (exact) mass is 439 g/mol. The molecule has 1 saturated carbocycles. The van der Waals surface area contributed by atoms with Gasteiger partial charge < -0.3 is 15.4 Å². The summed E-state index contributed by atoms with van der Waals surface area (Å²) in [5.74, 6) is 0.523. The minimum Gasteiger partial charge on any atom is -0.489 e. The number of rotatable bonds is 6. The average Bonchev–Trinajstić information content (AvgIpc) is 2.70. The summed E-state index contributed by atoms with van der Waals surface area (Å²) in [5, 5.41) is 16.0. The molecule has 6 heteroatoms. The van der Waals surface area contributed by atoms with E-state index < -0.39 is 0 Å². The van der Waals surface area contributed by atoms with Gasteiger partial charge in [0.1, 0.15) is 17.9 Å². The van der Waals surface area contributed by atoms with Crippen LogP contribution in [0.4, 0.5) is 5.69 Å². The summed E-state index contributed by atoms with van der Waals surface area (Å²) in [6.45, 7) is 12.5. The van der Waals surface area contributed by atoms with Gasteiger partial charge in [0.2, 0.25) is 0 Å². The van der Waals surface area contributed by atoms with Gasteiger partial charge in [-0.05, 0) is 50.2 Å². The summed E-state index contributed by atoms with van der Waals surface area (Å²) in [4.78, 5) is 12.9. The molecule has 1 fully saturated rings. The maximum absolute atomic E-state index is 12.9. The summed E-state index contributed by atoms with van der Waals surface area (Å²) < 4.78 is 6.28. The number of hydrogen-bond donors (Lipinski definition) is 2. The van der Waals surface area contributed by atoms with E-state index in [9.17, 15) is 4.79 Å². The molecule has 0 saturated heterocycles. The Bertz CT molecular complexity index is 990. The van der Waals surface area contributed by atoms with E-state index in [1.807, 2.05) is 24.3 Å². The van der Waals surface area contributed by atoms with E-state index in [1.165, 1.54) is 0 Å².